The number of guanidine groups is 1. The molecule has 3 rings (SSSR count). The molecule has 0 radical (unpaired) electrons. The zero-order chi connectivity index (χ0) is 22.1. The zero-order valence-corrected chi connectivity index (χ0v) is 20.1. The first kappa shape index (κ1) is 23.7. The summed E-state index contributed by atoms with van der Waals surface area (Å²) in [6.45, 7) is 12.5. The second-order valence-electron chi connectivity index (χ2n) is 8.29. The van der Waals surface area contributed by atoms with Gasteiger partial charge in [0.2, 0.25) is 0 Å². The minimum atomic E-state index is -0.0562. The zero-order valence-electron chi connectivity index (χ0n) is 19.3. The number of aromatic nitrogens is 1. The van der Waals surface area contributed by atoms with Gasteiger partial charge in [-0.2, -0.15) is 0 Å². The molecule has 1 aliphatic heterocycles. The van der Waals surface area contributed by atoms with E-state index in [0.29, 0.717) is 0 Å². The second kappa shape index (κ2) is 11.6. The average Bonchev–Trinajstić information content (AvgIpc) is 3.10. The van der Waals surface area contributed by atoms with E-state index in [2.05, 4.69) is 79.0 Å². The highest BCUT2D eigenvalue weighted by molar-refractivity contribution is 7.11. The van der Waals surface area contributed by atoms with E-state index in [1.165, 1.54) is 15.4 Å². The van der Waals surface area contributed by atoms with E-state index in [-0.39, 0.29) is 11.6 Å². The summed E-state index contributed by atoms with van der Waals surface area (Å²) in [4.78, 5) is 10.9. The fourth-order valence-electron chi connectivity index (χ4n) is 3.90. The summed E-state index contributed by atoms with van der Waals surface area (Å²) in [6.07, 6.45) is 2.83. The van der Waals surface area contributed by atoms with E-state index in [0.717, 1.165) is 63.8 Å². The maximum atomic E-state index is 5.67. The molecule has 3 N–H and O–H groups in total. The lowest BCUT2D eigenvalue weighted by Gasteiger charge is -2.39. The fraction of sp³-hybridized carbons (Fsp3) is 0.583. The molecule has 2 aromatic rings. The molecule has 1 aromatic carbocycles. The number of aliphatic imine (C=N–C) groups is 1. The number of thiazole rings is 1. The molecule has 6 nitrogen and oxygen atoms in total. The molecule has 1 unspecified atom stereocenters. The number of benzene rings is 1. The Bertz CT molecular complexity index is 810. The summed E-state index contributed by atoms with van der Waals surface area (Å²) in [5.74, 6) is 0.868. The first-order valence-corrected chi connectivity index (χ1v) is 12.2. The van der Waals surface area contributed by atoms with Crippen molar-refractivity contribution in [3.8, 4) is 0 Å². The van der Waals surface area contributed by atoms with Crippen LogP contribution in [0.1, 0.15) is 53.9 Å². The van der Waals surface area contributed by atoms with E-state index in [9.17, 15) is 0 Å². The van der Waals surface area contributed by atoms with Crippen LogP contribution < -0.4 is 16.0 Å². The van der Waals surface area contributed by atoms with Gasteiger partial charge in [-0.15, -0.1) is 11.3 Å². The minimum absolute atomic E-state index is 0.0562. The van der Waals surface area contributed by atoms with Crippen molar-refractivity contribution in [2.45, 2.75) is 58.5 Å². The molecule has 170 valence electrons. The van der Waals surface area contributed by atoms with Crippen molar-refractivity contribution in [3.63, 3.8) is 0 Å². The van der Waals surface area contributed by atoms with Gasteiger partial charge in [-0.1, -0.05) is 30.3 Å². The molecule has 0 saturated carbocycles. The summed E-state index contributed by atoms with van der Waals surface area (Å²) >= 11 is 1.78. The third kappa shape index (κ3) is 7.02. The average molecular weight is 444 g/mol. The molecule has 1 saturated heterocycles. The van der Waals surface area contributed by atoms with Crippen LogP contribution in [-0.2, 0) is 11.2 Å². The van der Waals surface area contributed by atoms with Gasteiger partial charge in [-0.3, -0.25) is 4.99 Å². The molecule has 0 bridgehead atoms. The van der Waals surface area contributed by atoms with Crippen LogP contribution in [0, 0.1) is 13.8 Å². The summed E-state index contributed by atoms with van der Waals surface area (Å²) in [5, 5.41) is 11.9. The Morgan fingerprint density at radius 3 is 2.58 bits per heavy atom. The Hall–Kier alpha value is -1.96. The Morgan fingerprint density at radius 2 is 1.94 bits per heavy atom. The van der Waals surface area contributed by atoms with E-state index in [4.69, 9.17) is 9.73 Å². The van der Waals surface area contributed by atoms with Gasteiger partial charge in [-0.25, -0.2) is 4.98 Å². The molecular weight excluding hydrogens is 406 g/mol. The molecular formula is C24H37N5OS. The third-order valence-electron chi connectivity index (χ3n) is 5.86. The molecule has 1 atom stereocenters. The van der Waals surface area contributed by atoms with E-state index < -0.39 is 0 Å². The van der Waals surface area contributed by atoms with Gasteiger partial charge in [0.1, 0.15) is 0 Å². The highest BCUT2D eigenvalue weighted by Crippen LogP contribution is 2.26. The molecule has 1 aromatic heterocycles. The highest BCUT2D eigenvalue weighted by atomic mass is 32.1. The van der Waals surface area contributed by atoms with Gasteiger partial charge in [0, 0.05) is 49.2 Å². The largest absolute Gasteiger partial charge is 0.381 e. The standard InChI is InChI=1S/C24H37N5OS/c1-5-25-23(26-14-11-22-28-18(2)20(4)31-22)27-17-24(12-15-30-16-13-24)29-19(3)21-9-7-6-8-10-21/h6-10,19,29H,5,11-17H2,1-4H3,(H2,25,26,27). The normalized spacial score (nSPS) is 17.4. The number of nitrogens with zero attached hydrogens (tertiary/aromatic N) is 2. The Labute approximate surface area is 190 Å². The van der Waals surface area contributed by atoms with Crippen LogP contribution in [0.5, 0.6) is 0 Å². The SMILES string of the molecule is CCNC(=NCC1(NC(C)c2ccccc2)CCOCC1)NCCc1nc(C)c(C)s1. The van der Waals surface area contributed by atoms with Crippen molar-refractivity contribution in [1.29, 1.82) is 0 Å². The van der Waals surface area contributed by atoms with Crippen LogP contribution in [0.3, 0.4) is 0 Å². The number of rotatable bonds is 9. The highest BCUT2D eigenvalue weighted by Gasteiger charge is 2.34. The van der Waals surface area contributed by atoms with Crippen molar-refractivity contribution in [3.05, 3.63) is 51.5 Å². The van der Waals surface area contributed by atoms with Crippen molar-refractivity contribution in [1.82, 2.24) is 20.9 Å². The van der Waals surface area contributed by atoms with Crippen molar-refractivity contribution in [2.75, 3.05) is 32.8 Å². The molecule has 1 aliphatic rings. The van der Waals surface area contributed by atoms with Crippen LogP contribution in [0.4, 0.5) is 0 Å². The molecule has 7 heteroatoms. The lowest BCUT2D eigenvalue weighted by atomic mass is 9.88. The molecule has 0 aliphatic carbocycles. The van der Waals surface area contributed by atoms with Gasteiger partial charge in [0.25, 0.3) is 0 Å². The first-order valence-electron chi connectivity index (χ1n) is 11.4. The van der Waals surface area contributed by atoms with E-state index in [1.807, 2.05) is 0 Å². The Kier molecular flexibility index (Phi) is 8.87. The fourth-order valence-corrected chi connectivity index (χ4v) is 4.83. The van der Waals surface area contributed by atoms with Crippen molar-refractivity contribution in [2.24, 2.45) is 4.99 Å². The van der Waals surface area contributed by atoms with Gasteiger partial charge >= 0.3 is 0 Å². The van der Waals surface area contributed by atoms with Gasteiger partial charge < -0.3 is 20.7 Å². The lowest BCUT2D eigenvalue weighted by Crippen LogP contribution is -2.53. The monoisotopic (exact) mass is 443 g/mol. The van der Waals surface area contributed by atoms with Gasteiger partial charge in [0.05, 0.1) is 17.2 Å². The molecule has 2 heterocycles. The van der Waals surface area contributed by atoms with Gasteiger partial charge in [-0.05, 0) is 46.1 Å². The molecule has 31 heavy (non-hydrogen) atoms. The summed E-state index contributed by atoms with van der Waals surface area (Å²) in [5.41, 5.74) is 2.39. The number of ether oxygens (including phenoxy) is 1. The van der Waals surface area contributed by atoms with Crippen LogP contribution in [0.25, 0.3) is 0 Å². The molecule has 0 amide bonds. The minimum Gasteiger partial charge on any atom is -0.381 e. The number of hydrogen-bond donors (Lipinski definition) is 3. The quantitative estimate of drug-likeness (QED) is 0.407. The Morgan fingerprint density at radius 1 is 1.19 bits per heavy atom. The van der Waals surface area contributed by atoms with Crippen molar-refractivity contribution >= 4 is 17.3 Å². The molecule has 0 spiro atoms. The van der Waals surface area contributed by atoms with E-state index in [1.54, 1.807) is 11.3 Å². The summed E-state index contributed by atoms with van der Waals surface area (Å²) in [7, 11) is 0. The number of hydrogen-bond acceptors (Lipinski definition) is 5. The number of aryl methyl sites for hydroxylation is 2. The van der Waals surface area contributed by atoms with Crippen molar-refractivity contribution < 1.29 is 4.74 Å². The number of nitrogens with one attached hydrogen (secondary N) is 3. The predicted octanol–water partition coefficient (Wildman–Crippen LogP) is 3.76. The maximum absolute atomic E-state index is 5.67. The van der Waals surface area contributed by atoms with Crippen LogP contribution in [-0.4, -0.2) is 49.3 Å². The molecule has 1 fully saturated rings. The van der Waals surface area contributed by atoms with E-state index >= 15 is 0 Å². The predicted molar refractivity (Wildman–Crippen MR) is 130 cm³/mol. The maximum Gasteiger partial charge on any atom is 0.191 e. The summed E-state index contributed by atoms with van der Waals surface area (Å²) < 4.78 is 5.67. The van der Waals surface area contributed by atoms with Crippen LogP contribution in [0.15, 0.2) is 35.3 Å². The van der Waals surface area contributed by atoms with Crippen LogP contribution in [0.2, 0.25) is 0 Å². The lowest BCUT2D eigenvalue weighted by molar-refractivity contribution is 0.0374. The van der Waals surface area contributed by atoms with Gasteiger partial charge in [0.15, 0.2) is 5.96 Å². The first-order chi connectivity index (χ1) is 15.0. The van der Waals surface area contributed by atoms with Crippen LogP contribution >= 0.6 is 11.3 Å². The summed E-state index contributed by atoms with van der Waals surface area (Å²) in [6, 6.07) is 10.9. The third-order valence-corrected chi connectivity index (χ3v) is 6.99. The smallest absolute Gasteiger partial charge is 0.191 e. The Balaban J connectivity index is 1.63. The topological polar surface area (TPSA) is 70.6 Å². The second-order valence-corrected chi connectivity index (χ2v) is 9.58.